The second-order valence-electron chi connectivity index (χ2n) is 12.7. The molecule has 8 heteroatoms. The quantitative estimate of drug-likeness (QED) is 0.420. The maximum absolute atomic E-state index is 14.4. The van der Waals surface area contributed by atoms with Crippen LogP contribution >= 0.6 is 7.67 Å². The highest BCUT2D eigenvalue weighted by Gasteiger charge is 2.42. The SMILES string of the molecule is C[C@H]([C@@H](CC(C)(C)C)O[C@H](C)C(C)(C)C)N(C)P(=O)(N=C1N(C)CCN1C)OC(C)(C)C. The van der Waals surface area contributed by atoms with Crippen LogP contribution in [0.2, 0.25) is 0 Å². The third kappa shape index (κ3) is 8.62. The first-order valence-electron chi connectivity index (χ1n) is 11.9. The summed E-state index contributed by atoms with van der Waals surface area (Å²) < 4.78 is 33.8. The van der Waals surface area contributed by atoms with Crippen LogP contribution in [-0.2, 0) is 13.8 Å². The lowest BCUT2D eigenvalue weighted by molar-refractivity contribution is -0.0903. The van der Waals surface area contributed by atoms with Gasteiger partial charge >= 0.3 is 7.67 Å². The number of hydrogen-bond acceptors (Lipinski definition) is 3. The molecule has 7 nitrogen and oxygen atoms in total. The summed E-state index contributed by atoms with van der Waals surface area (Å²) in [6.07, 6.45) is 0.766. The monoisotopic (exact) mass is 474 g/mol. The molecular weight excluding hydrogens is 423 g/mol. The second-order valence-corrected chi connectivity index (χ2v) is 14.7. The Bertz CT molecular complexity index is 679. The second kappa shape index (κ2) is 10.3. The van der Waals surface area contributed by atoms with Crippen LogP contribution < -0.4 is 0 Å². The summed E-state index contributed by atoms with van der Waals surface area (Å²) in [5.74, 6) is 0.702. The molecule has 1 rings (SSSR count). The van der Waals surface area contributed by atoms with Crippen molar-refractivity contribution in [3.05, 3.63) is 0 Å². The van der Waals surface area contributed by atoms with Gasteiger partial charge in [-0.25, -0.2) is 9.24 Å². The fourth-order valence-electron chi connectivity index (χ4n) is 3.44. The molecule has 1 aliphatic rings. The number of ether oxygens (including phenoxy) is 1. The van der Waals surface area contributed by atoms with E-state index in [1.807, 2.05) is 56.4 Å². The van der Waals surface area contributed by atoms with Crippen LogP contribution in [0.15, 0.2) is 4.76 Å². The Morgan fingerprint density at radius 3 is 1.84 bits per heavy atom. The summed E-state index contributed by atoms with van der Waals surface area (Å²) in [6.45, 7) is 24.9. The Hall–Kier alpha value is -0.620. The normalized spacial score (nSPS) is 21.0. The van der Waals surface area contributed by atoms with E-state index in [0.29, 0.717) is 5.96 Å². The van der Waals surface area contributed by atoms with E-state index in [1.165, 1.54) is 0 Å². The van der Waals surface area contributed by atoms with Gasteiger partial charge in [-0.1, -0.05) is 41.5 Å². The van der Waals surface area contributed by atoms with Gasteiger partial charge in [0.05, 0.1) is 17.8 Å². The molecule has 0 N–H and O–H groups in total. The van der Waals surface area contributed by atoms with Gasteiger partial charge < -0.3 is 14.5 Å². The summed E-state index contributed by atoms with van der Waals surface area (Å²) in [4.78, 5) is 4.06. The molecule has 1 saturated heterocycles. The predicted octanol–water partition coefficient (Wildman–Crippen LogP) is 5.72. The van der Waals surface area contributed by atoms with Crippen LogP contribution in [0.3, 0.4) is 0 Å². The van der Waals surface area contributed by atoms with Gasteiger partial charge in [-0.15, -0.1) is 0 Å². The zero-order chi connectivity index (χ0) is 25.3. The highest BCUT2D eigenvalue weighted by Crippen LogP contribution is 2.56. The van der Waals surface area contributed by atoms with Crippen LogP contribution in [0, 0.1) is 10.8 Å². The summed E-state index contributed by atoms with van der Waals surface area (Å²) >= 11 is 0. The van der Waals surface area contributed by atoms with Gasteiger partial charge in [0, 0.05) is 33.2 Å². The van der Waals surface area contributed by atoms with E-state index in [-0.39, 0.29) is 29.1 Å². The Kier molecular flexibility index (Phi) is 9.50. The van der Waals surface area contributed by atoms with Crippen molar-refractivity contribution < 1.29 is 13.8 Å². The zero-order valence-electron chi connectivity index (χ0n) is 23.3. The van der Waals surface area contributed by atoms with Crippen molar-refractivity contribution in [2.45, 2.75) is 106 Å². The van der Waals surface area contributed by atoms with Gasteiger partial charge in [0.15, 0.2) is 0 Å². The molecule has 0 aromatic rings. The minimum Gasteiger partial charge on any atom is -0.373 e. The van der Waals surface area contributed by atoms with Crippen LogP contribution in [0.5, 0.6) is 0 Å². The molecule has 0 aromatic heterocycles. The Balaban J connectivity index is 3.38. The molecule has 0 bridgehead atoms. The topological polar surface area (TPSA) is 57.6 Å². The van der Waals surface area contributed by atoms with Crippen LogP contribution in [0.1, 0.15) is 82.6 Å². The van der Waals surface area contributed by atoms with Crippen LogP contribution in [0.25, 0.3) is 0 Å². The molecule has 0 aromatic carbocycles. The summed E-state index contributed by atoms with van der Waals surface area (Å²) in [6, 6.07) is -0.159. The van der Waals surface area contributed by atoms with Gasteiger partial charge in [0.1, 0.15) is 0 Å². The number of nitrogens with zero attached hydrogens (tertiary/aromatic N) is 4. The largest absolute Gasteiger partial charge is 0.393 e. The number of rotatable bonds is 8. The van der Waals surface area contributed by atoms with Gasteiger partial charge in [-0.05, 0) is 58.9 Å². The van der Waals surface area contributed by atoms with Crippen LogP contribution in [-0.4, -0.2) is 78.5 Å². The number of hydrogen-bond donors (Lipinski definition) is 0. The predicted molar refractivity (Wildman–Crippen MR) is 136 cm³/mol. The fraction of sp³-hybridized carbons (Fsp3) is 0.958. The van der Waals surface area contributed by atoms with Gasteiger partial charge in [0.25, 0.3) is 0 Å². The molecule has 4 atom stereocenters. The average Bonchev–Trinajstić information content (AvgIpc) is 2.88. The lowest BCUT2D eigenvalue weighted by Crippen LogP contribution is -2.45. The van der Waals surface area contributed by atoms with Crippen molar-refractivity contribution in [3.63, 3.8) is 0 Å². The standard InChI is InChI=1S/C24H51N4O3P/c1-18(20(17-22(3,4)5)30-19(2)23(6,7)8)28(14)32(29,31-24(9,10)11)25-21-26(12)15-16-27(21)13/h18-20H,15-17H2,1-14H3/t18-,19-,20-,32?/m1/s1. The minimum absolute atomic E-state index is 0.00945. The summed E-state index contributed by atoms with van der Waals surface area (Å²) in [7, 11) is 2.25. The van der Waals surface area contributed by atoms with Crippen LogP contribution in [0.4, 0.5) is 0 Å². The first-order valence-corrected chi connectivity index (χ1v) is 13.4. The molecule has 1 aliphatic heterocycles. The molecule has 1 fully saturated rings. The van der Waals surface area contributed by atoms with Gasteiger partial charge in [-0.3, -0.25) is 4.52 Å². The van der Waals surface area contributed by atoms with Gasteiger partial charge in [0.2, 0.25) is 5.96 Å². The molecule has 190 valence electrons. The molecule has 0 saturated carbocycles. The highest BCUT2D eigenvalue weighted by atomic mass is 31.2. The Morgan fingerprint density at radius 1 is 1.00 bits per heavy atom. The molecule has 0 radical (unpaired) electrons. The van der Waals surface area contributed by atoms with Crippen molar-refractivity contribution in [1.29, 1.82) is 0 Å². The van der Waals surface area contributed by atoms with E-state index in [0.717, 1.165) is 19.5 Å². The molecular formula is C24H51N4O3P. The first kappa shape index (κ1) is 29.4. The van der Waals surface area contributed by atoms with Crippen molar-refractivity contribution in [2.24, 2.45) is 15.6 Å². The molecule has 1 unspecified atom stereocenters. The van der Waals surface area contributed by atoms with E-state index < -0.39 is 13.3 Å². The van der Waals surface area contributed by atoms with Crippen molar-refractivity contribution in [3.8, 4) is 0 Å². The lowest BCUT2D eigenvalue weighted by Gasteiger charge is -2.41. The van der Waals surface area contributed by atoms with E-state index in [2.05, 4.69) is 55.4 Å². The van der Waals surface area contributed by atoms with Gasteiger partial charge in [-0.2, -0.15) is 4.76 Å². The van der Waals surface area contributed by atoms with Crippen molar-refractivity contribution >= 4 is 13.6 Å². The Labute approximate surface area is 198 Å². The maximum Gasteiger partial charge on any atom is 0.393 e. The zero-order valence-corrected chi connectivity index (χ0v) is 24.2. The highest BCUT2D eigenvalue weighted by molar-refractivity contribution is 7.55. The molecule has 32 heavy (non-hydrogen) atoms. The summed E-state index contributed by atoms with van der Waals surface area (Å²) in [5, 5.41) is 0. The molecule has 1 heterocycles. The molecule has 0 amide bonds. The minimum atomic E-state index is -3.56. The van der Waals surface area contributed by atoms with E-state index >= 15 is 0 Å². The smallest absolute Gasteiger partial charge is 0.373 e. The molecule has 0 aliphatic carbocycles. The van der Waals surface area contributed by atoms with E-state index in [4.69, 9.17) is 14.0 Å². The first-order chi connectivity index (χ1) is 14.2. The number of guanidine groups is 1. The average molecular weight is 475 g/mol. The van der Waals surface area contributed by atoms with E-state index in [9.17, 15) is 4.57 Å². The number of likely N-dealkylation sites (N-methyl/N-ethyl adjacent to an activating group) is 3. The summed E-state index contributed by atoms with van der Waals surface area (Å²) in [5.41, 5.74) is -0.540. The van der Waals surface area contributed by atoms with E-state index in [1.54, 1.807) is 0 Å². The molecule has 0 spiro atoms. The lowest BCUT2D eigenvalue weighted by atomic mass is 9.86. The fourth-order valence-corrected chi connectivity index (χ4v) is 5.61. The van der Waals surface area contributed by atoms with Crippen molar-refractivity contribution in [2.75, 3.05) is 34.2 Å². The maximum atomic E-state index is 14.4. The Morgan fingerprint density at radius 2 is 1.47 bits per heavy atom. The van der Waals surface area contributed by atoms with Crippen molar-refractivity contribution in [1.82, 2.24) is 14.5 Å². The third-order valence-corrected chi connectivity index (χ3v) is 8.38. The third-order valence-electron chi connectivity index (χ3n) is 6.00.